The second-order valence-electron chi connectivity index (χ2n) is 7.90. The first kappa shape index (κ1) is 21.6. The standard InChI is InChI=1S/C26H25N3O2S/c1-16-5-6-18(3)23(11-16)28-26-29(27-14-21-9-10-22(30)13-25(21)31)24(15-32-26)20-8-7-17(2)19(4)12-20/h5-15,30-31H,1-4H3. The zero-order chi connectivity index (χ0) is 22.8. The van der Waals surface area contributed by atoms with Crippen molar-refractivity contribution in [2.75, 3.05) is 0 Å². The molecule has 2 N–H and O–H groups in total. The predicted octanol–water partition coefficient (Wildman–Crippen LogP) is 5.98. The van der Waals surface area contributed by atoms with Gasteiger partial charge in [0, 0.05) is 22.6 Å². The summed E-state index contributed by atoms with van der Waals surface area (Å²) in [6, 6.07) is 17.0. The van der Waals surface area contributed by atoms with Crippen molar-refractivity contribution in [3.05, 3.63) is 92.6 Å². The Hall–Kier alpha value is -3.64. The number of aromatic hydroxyl groups is 2. The molecule has 1 aromatic heterocycles. The molecular weight excluding hydrogens is 418 g/mol. The van der Waals surface area contributed by atoms with E-state index in [1.807, 2.05) is 19.2 Å². The molecule has 0 saturated carbocycles. The van der Waals surface area contributed by atoms with E-state index in [2.05, 4.69) is 55.3 Å². The third kappa shape index (κ3) is 4.50. The Bertz CT molecular complexity index is 1400. The fourth-order valence-electron chi connectivity index (χ4n) is 3.29. The van der Waals surface area contributed by atoms with Crippen molar-refractivity contribution >= 4 is 23.2 Å². The average molecular weight is 444 g/mol. The molecule has 4 rings (SSSR count). The molecule has 0 amide bonds. The first-order valence-corrected chi connectivity index (χ1v) is 11.2. The SMILES string of the molecule is Cc1ccc(C)c(N=c2scc(-c3ccc(C)c(C)c3)n2N=Cc2ccc(O)cc2O)c1. The zero-order valence-electron chi connectivity index (χ0n) is 18.5. The van der Waals surface area contributed by atoms with E-state index in [1.165, 1.54) is 34.6 Å². The zero-order valence-corrected chi connectivity index (χ0v) is 19.3. The third-order valence-corrected chi connectivity index (χ3v) is 6.21. The summed E-state index contributed by atoms with van der Waals surface area (Å²) in [7, 11) is 0. The van der Waals surface area contributed by atoms with Gasteiger partial charge in [-0.25, -0.2) is 9.67 Å². The Balaban J connectivity index is 1.90. The molecule has 0 aliphatic rings. The van der Waals surface area contributed by atoms with E-state index in [-0.39, 0.29) is 11.5 Å². The molecule has 4 aromatic rings. The fraction of sp³-hybridized carbons (Fsp3) is 0.154. The molecule has 0 unspecified atom stereocenters. The molecule has 0 radical (unpaired) electrons. The van der Waals surface area contributed by atoms with Gasteiger partial charge in [0.15, 0.2) is 0 Å². The Labute approximate surface area is 191 Å². The van der Waals surface area contributed by atoms with Crippen molar-refractivity contribution in [2.24, 2.45) is 10.1 Å². The van der Waals surface area contributed by atoms with Crippen LogP contribution in [0.3, 0.4) is 0 Å². The van der Waals surface area contributed by atoms with Gasteiger partial charge in [0.05, 0.1) is 17.6 Å². The van der Waals surface area contributed by atoms with Crippen molar-refractivity contribution in [2.45, 2.75) is 27.7 Å². The normalized spacial score (nSPS) is 12.1. The lowest BCUT2D eigenvalue weighted by molar-refractivity contribution is 0.450. The molecule has 3 aromatic carbocycles. The summed E-state index contributed by atoms with van der Waals surface area (Å²) < 4.78 is 1.79. The number of hydrogen-bond acceptors (Lipinski definition) is 5. The highest BCUT2D eigenvalue weighted by atomic mass is 32.1. The molecule has 6 heteroatoms. The van der Waals surface area contributed by atoms with Crippen LogP contribution in [-0.2, 0) is 0 Å². The van der Waals surface area contributed by atoms with E-state index < -0.39 is 0 Å². The highest BCUT2D eigenvalue weighted by Gasteiger charge is 2.10. The van der Waals surface area contributed by atoms with Crippen molar-refractivity contribution in [3.8, 4) is 22.8 Å². The van der Waals surface area contributed by atoms with Crippen LogP contribution in [0.2, 0.25) is 0 Å². The van der Waals surface area contributed by atoms with Gasteiger partial charge >= 0.3 is 0 Å². The Morgan fingerprint density at radius 1 is 0.844 bits per heavy atom. The number of aryl methyl sites for hydroxylation is 4. The number of rotatable bonds is 4. The monoisotopic (exact) mass is 443 g/mol. The molecule has 0 spiro atoms. The number of aromatic nitrogens is 1. The van der Waals surface area contributed by atoms with Gasteiger partial charge in [-0.15, -0.1) is 11.3 Å². The Morgan fingerprint density at radius 2 is 1.62 bits per heavy atom. The molecule has 162 valence electrons. The molecule has 0 bridgehead atoms. The number of thiazole rings is 1. The summed E-state index contributed by atoms with van der Waals surface area (Å²) in [5.74, 6) is -0.0328. The first-order valence-electron chi connectivity index (χ1n) is 10.3. The average Bonchev–Trinajstić information content (AvgIpc) is 3.14. The Kier molecular flexibility index (Phi) is 5.97. The second-order valence-corrected chi connectivity index (χ2v) is 8.74. The van der Waals surface area contributed by atoms with Gasteiger partial charge in [-0.2, -0.15) is 5.10 Å². The maximum atomic E-state index is 10.2. The molecular formula is C26H25N3O2S. The van der Waals surface area contributed by atoms with Crippen molar-refractivity contribution in [3.63, 3.8) is 0 Å². The van der Waals surface area contributed by atoms with E-state index in [9.17, 15) is 10.2 Å². The van der Waals surface area contributed by atoms with Crippen LogP contribution in [0.1, 0.15) is 27.8 Å². The third-order valence-electron chi connectivity index (χ3n) is 5.40. The van der Waals surface area contributed by atoms with E-state index in [0.717, 1.165) is 32.9 Å². The van der Waals surface area contributed by atoms with Crippen molar-refractivity contribution < 1.29 is 10.2 Å². The van der Waals surface area contributed by atoms with Crippen LogP contribution in [0, 0.1) is 27.7 Å². The topological polar surface area (TPSA) is 70.1 Å². The molecule has 0 aliphatic carbocycles. The van der Waals surface area contributed by atoms with Crippen LogP contribution >= 0.6 is 11.3 Å². The molecule has 0 atom stereocenters. The minimum absolute atomic E-state index is 0.00395. The van der Waals surface area contributed by atoms with Gasteiger partial charge in [0.1, 0.15) is 11.5 Å². The molecule has 1 heterocycles. The first-order chi connectivity index (χ1) is 15.3. The van der Waals surface area contributed by atoms with Crippen LogP contribution in [0.4, 0.5) is 5.69 Å². The summed E-state index contributed by atoms with van der Waals surface area (Å²) in [5.41, 5.74) is 8.02. The highest BCUT2D eigenvalue weighted by molar-refractivity contribution is 7.07. The van der Waals surface area contributed by atoms with Crippen LogP contribution < -0.4 is 4.80 Å². The molecule has 0 saturated heterocycles. The van der Waals surface area contributed by atoms with Gasteiger partial charge < -0.3 is 10.2 Å². The largest absolute Gasteiger partial charge is 0.508 e. The minimum atomic E-state index is -0.0367. The Morgan fingerprint density at radius 3 is 2.38 bits per heavy atom. The number of benzene rings is 3. The van der Waals surface area contributed by atoms with E-state index in [4.69, 9.17) is 4.99 Å². The molecule has 0 fully saturated rings. The lowest BCUT2D eigenvalue weighted by Crippen LogP contribution is -2.11. The summed E-state index contributed by atoms with van der Waals surface area (Å²) in [6.45, 7) is 8.27. The molecule has 0 aliphatic heterocycles. The predicted molar refractivity (Wildman–Crippen MR) is 131 cm³/mol. The number of phenols is 2. The summed E-state index contributed by atoms with van der Waals surface area (Å²) in [5, 5.41) is 26.4. The minimum Gasteiger partial charge on any atom is -0.508 e. The lowest BCUT2D eigenvalue weighted by atomic mass is 10.1. The lowest BCUT2D eigenvalue weighted by Gasteiger charge is -2.07. The summed E-state index contributed by atoms with van der Waals surface area (Å²) >= 11 is 1.51. The molecule has 5 nitrogen and oxygen atoms in total. The summed E-state index contributed by atoms with van der Waals surface area (Å²) in [6.07, 6.45) is 1.58. The number of nitrogens with zero attached hydrogens (tertiary/aromatic N) is 3. The van der Waals surface area contributed by atoms with Crippen LogP contribution in [0.15, 0.2) is 70.1 Å². The van der Waals surface area contributed by atoms with E-state index >= 15 is 0 Å². The maximum absolute atomic E-state index is 10.2. The van der Waals surface area contributed by atoms with E-state index in [0.29, 0.717) is 5.56 Å². The van der Waals surface area contributed by atoms with Gasteiger partial charge in [-0.3, -0.25) is 0 Å². The number of phenolic OH excluding ortho intramolecular Hbond substituents is 2. The van der Waals surface area contributed by atoms with Crippen LogP contribution in [-0.4, -0.2) is 21.1 Å². The van der Waals surface area contributed by atoms with Gasteiger partial charge in [0.2, 0.25) is 4.80 Å². The van der Waals surface area contributed by atoms with Crippen LogP contribution in [0.5, 0.6) is 11.5 Å². The highest BCUT2D eigenvalue weighted by Crippen LogP contribution is 2.25. The van der Waals surface area contributed by atoms with E-state index in [1.54, 1.807) is 17.0 Å². The van der Waals surface area contributed by atoms with Gasteiger partial charge in [-0.1, -0.05) is 24.3 Å². The quantitative estimate of drug-likeness (QED) is 0.381. The maximum Gasteiger partial charge on any atom is 0.211 e. The van der Waals surface area contributed by atoms with Crippen LogP contribution in [0.25, 0.3) is 11.3 Å². The van der Waals surface area contributed by atoms with Gasteiger partial charge in [-0.05, 0) is 74.2 Å². The second kappa shape index (κ2) is 8.85. The fourth-order valence-corrected chi connectivity index (χ4v) is 4.14. The smallest absolute Gasteiger partial charge is 0.211 e. The molecule has 32 heavy (non-hydrogen) atoms. The number of hydrogen-bond donors (Lipinski definition) is 2. The summed E-state index contributed by atoms with van der Waals surface area (Å²) in [4.78, 5) is 5.63. The van der Waals surface area contributed by atoms with Crippen molar-refractivity contribution in [1.82, 2.24) is 4.68 Å². The van der Waals surface area contributed by atoms with Gasteiger partial charge in [0.25, 0.3) is 0 Å². The van der Waals surface area contributed by atoms with Crippen molar-refractivity contribution in [1.29, 1.82) is 0 Å².